The van der Waals surface area contributed by atoms with Crippen LogP contribution >= 0.6 is 0 Å². The van der Waals surface area contributed by atoms with Crippen molar-refractivity contribution in [3.63, 3.8) is 0 Å². The summed E-state index contributed by atoms with van der Waals surface area (Å²) in [6.07, 6.45) is 3.51. The average Bonchev–Trinajstić information content (AvgIpc) is 2.44. The van der Waals surface area contributed by atoms with Gasteiger partial charge in [0.2, 0.25) is 0 Å². The predicted molar refractivity (Wildman–Crippen MR) is 81.0 cm³/mol. The summed E-state index contributed by atoms with van der Waals surface area (Å²) in [5, 5.41) is 6.07. The van der Waals surface area contributed by atoms with Crippen LogP contribution in [0.25, 0.3) is 0 Å². The summed E-state index contributed by atoms with van der Waals surface area (Å²) in [5.41, 5.74) is 0.580. The number of hydrogen-bond donors (Lipinski definition) is 2. The molecule has 1 amide bonds. The number of ether oxygens (including phenoxy) is 1. The Bertz CT molecular complexity index is 391. The minimum absolute atomic E-state index is 0.0951. The van der Waals surface area contributed by atoms with E-state index in [1.54, 1.807) is 19.4 Å². The van der Waals surface area contributed by atoms with Crippen molar-refractivity contribution in [2.45, 2.75) is 26.7 Å². The molecule has 20 heavy (non-hydrogen) atoms. The topological polar surface area (TPSA) is 63.2 Å². The molecule has 0 unspecified atom stereocenters. The second-order valence-corrected chi connectivity index (χ2v) is 5.14. The van der Waals surface area contributed by atoms with E-state index in [0.29, 0.717) is 24.6 Å². The normalized spacial score (nSPS) is 10.6. The molecule has 0 aliphatic rings. The van der Waals surface area contributed by atoms with Crippen molar-refractivity contribution in [3.8, 4) is 0 Å². The minimum Gasteiger partial charge on any atom is -0.385 e. The molecular weight excluding hydrogens is 254 g/mol. The third-order valence-electron chi connectivity index (χ3n) is 2.86. The maximum Gasteiger partial charge on any atom is 0.252 e. The largest absolute Gasteiger partial charge is 0.385 e. The van der Waals surface area contributed by atoms with E-state index in [-0.39, 0.29) is 5.91 Å². The van der Waals surface area contributed by atoms with Crippen LogP contribution in [0.1, 0.15) is 37.0 Å². The van der Waals surface area contributed by atoms with Gasteiger partial charge in [-0.05, 0) is 30.9 Å². The highest BCUT2D eigenvalue weighted by molar-refractivity contribution is 5.93. The van der Waals surface area contributed by atoms with Crippen LogP contribution in [0.4, 0.5) is 5.82 Å². The molecule has 112 valence electrons. The first-order chi connectivity index (χ1) is 9.63. The zero-order chi connectivity index (χ0) is 14.8. The van der Waals surface area contributed by atoms with Gasteiger partial charge in [-0.3, -0.25) is 4.79 Å². The highest BCUT2D eigenvalue weighted by atomic mass is 16.5. The monoisotopic (exact) mass is 279 g/mol. The van der Waals surface area contributed by atoms with Gasteiger partial charge < -0.3 is 15.4 Å². The van der Waals surface area contributed by atoms with Gasteiger partial charge in [0, 0.05) is 33.0 Å². The Kier molecular flexibility index (Phi) is 7.65. The van der Waals surface area contributed by atoms with Gasteiger partial charge in [-0.1, -0.05) is 13.8 Å². The zero-order valence-corrected chi connectivity index (χ0v) is 12.6. The number of carbonyl (C=O) groups is 1. The summed E-state index contributed by atoms with van der Waals surface area (Å²) < 4.78 is 4.93. The van der Waals surface area contributed by atoms with Crippen molar-refractivity contribution in [2.75, 3.05) is 32.1 Å². The van der Waals surface area contributed by atoms with Gasteiger partial charge in [-0.15, -0.1) is 0 Å². The number of anilines is 1. The maximum absolute atomic E-state index is 11.8. The molecule has 5 nitrogen and oxygen atoms in total. The minimum atomic E-state index is -0.0951. The highest BCUT2D eigenvalue weighted by Gasteiger charge is 2.05. The number of nitrogens with one attached hydrogen (secondary N) is 2. The second-order valence-electron chi connectivity index (χ2n) is 5.14. The first kappa shape index (κ1) is 16.4. The van der Waals surface area contributed by atoms with Crippen LogP contribution in [-0.2, 0) is 4.74 Å². The van der Waals surface area contributed by atoms with Crippen LogP contribution in [0.5, 0.6) is 0 Å². The summed E-state index contributed by atoms with van der Waals surface area (Å²) >= 11 is 0. The Labute approximate surface area is 121 Å². The van der Waals surface area contributed by atoms with Crippen molar-refractivity contribution >= 4 is 11.7 Å². The molecule has 1 aromatic heterocycles. The third kappa shape index (κ3) is 6.52. The van der Waals surface area contributed by atoms with E-state index in [0.717, 1.165) is 25.2 Å². The van der Waals surface area contributed by atoms with Crippen LogP contribution in [0, 0.1) is 5.92 Å². The Balaban J connectivity index is 2.35. The van der Waals surface area contributed by atoms with E-state index in [2.05, 4.69) is 29.5 Å². The molecule has 1 rings (SSSR count). The molecule has 0 atom stereocenters. The Hall–Kier alpha value is -1.62. The van der Waals surface area contributed by atoms with E-state index in [4.69, 9.17) is 4.74 Å². The third-order valence-corrected chi connectivity index (χ3v) is 2.86. The zero-order valence-electron chi connectivity index (χ0n) is 12.6. The summed E-state index contributed by atoms with van der Waals surface area (Å²) in [6, 6.07) is 3.63. The van der Waals surface area contributed by atoms with Crippen LogP contribution in [0.15, 0.2) is 18.3 Å². The van der Waals surface area contributed by atoms with Crippen LogP contribution in [0.2, 0.25) is 0 Å². The lowest BCUT2D eigenvalue weighted by Gasteiger charge is -2.08. The number of pyridine rings is 1. The lowest BCUT2D eigenvalue weighted by atomic mass is 10.1. The van der Waals surface area contributed by atoms with Gasteiger partial charge >= 0.3 is 0 Å². The first-order valence-electron chi connectivity index (χ1n) is 7.10. The molecule has 0 fully saturated rings. The average molecular weight is 279 g/mol. The van der Waals surface area contributed by atoms with Gasteiger partial charge in [0.25, 0.3) is 5.91 Å². The van der Waals surface area contributed by atoms with E-state index in [1.807, 2.05) is 6.07 Å². The Morgan fingerprint density at radius 1 is 1.35 bits per heavy atom. The number of amides is 1. The predicted octanol–water partition coefficient (Wildman–Crippen LogP) is 2.31. The van der Waals surface area contributed by atoms with Crippen molar-refractivity contribution in [3.05, 3.63) is 23.9 Å². The fourth-order valence-electron chi connectivity index (χ4n) is 1.64. The summed E-state index contributed by atoms with van der Waals surface area (Å²) in [6.45, 7) is 6.53. The van der Waals surface area contributed by atoms with E-state index in [9.17, 15) is 4.79 Å². The van der Waals surface area contributed by atoms with Gasteiger partial charge in [0.15, 0.2) is 0 Å². The molecule has 1 aromatic rings. The number of rotatable bonds is 9. The molecular formula is C15H25N3O2. The van der Waals surface area contributed by atoms with E-state index >= 15 is 0 Å². The summed E-state index contributed by atoms with van der Waals surface area (Å²) in [5.74, 6) is 1.38. The van der Waals surface area contributed by atoms with E-state index < -0.39 is 0 Å². The van der Waals surface area contributed by atoms with Crippen molar-refractivity contribution in [1.29, 1.82) is 0 Å². The molecule has 0 bridgehead atoms. The van der Waals surface area contributed by atoms with Gasteiger partial charge in [0.1, 0.15) is 5.82 Å². The standard InChI is InChI=1S/C15H25N3O2/c1-12(2)7-9-16-14-6-5-13(11-18-14)15(19)17-8-4-10-20-3/h5-6,11-12H,4,7-10H2,1-3H3,(H,16,18)(H,17,19). The van der Waals surface area contributed by atoms with Crippen molar-refractivity contribution in [1.82, 2.24) is 10.3 Å². The number of nitrogens with zero attached hydrogens (tertiary/aromatic N) is 1. The van der Waals surface area contributed by atoms with E-state index in [1.165, 1.54) is 0 Å². The molecule has 1 heterocycles. The van der Waals surface area contributed by atoms with Crippen LogP contribution in [-0.4, -0.2) is 37.7 Å². The lowest BCUT2D eigenvalue weighted by molar-refractivity contribution is 0.0948. The van der Waals surface area contributed by atoms with Crippen LogP contribution in [0.3, 0.4) is 0 Å². The molecule has 0 saturated heterocycles. The van der Waals surface area contributed by atoms with Gasteiger partial charge in [-0.25, -0.2) is 4.98 Å². The van der Waals surface area contributed by atoms with Crippen molar-refractivity contribution < 1.29 is 9.53 Å². The quantitative estimate of drug-likeness (QED) is 0.681. The second kappa shape index (κ2) is 9.31. The number of carbonyl (C=O) groups excluding carboxylic acids is 1. The first-order valence-corrected chi connectivity index (χ1v) is 7.10. The Morgan fingerprint density at radius 2 is 2.15 bits per heavy atom. The lowest BCUT2D eigenvalue weighted by Crippen LogP contribution is -2.25. The molecule has 0 saturated carbocycles. The van der Waals surface area contributed by atoms with Crippen molar-refractivity contribution in [2.24, 2.45) is 5.92 Å². The van der Waals surface area contributed by atoms with Gasteiger partial charge in [0.05, 0.1) is 5.56 Å². The fourth-order valence-corrected chi connectivity index (χ4v) is 1.64. The Morgan fingerprint density at radius 3 is 2.75 bits per heavy atom. The molecule has 0 spiro atoms. The summed E-state index contributed by atoms with van der Waals surface area (Å²) in [4.78, 5) is 16.1. The molecule has 2 N–H and O–H groups in total. The molecule has 0 aromatic carbocycles. The maximum atomic E-state index is 11.8. The smallest absolute Gasteiger partial charge is 0.252 e. The molecule has 0 aliphatic carbocycles. The van der Waals surface area contributed by atoms with Crippen LogP contribution < -0.4 is 10.6 Å². The number of methoxy groups -OCH3 is 1. The highest BCUT2D eigenvalue weighted by Crippen LogP contribution is 2.06. The van der Waals surface area contributed by atoms with Gasteiger partial charge in [-0.2, -0.15) is 0 Å². The molecule has 0 radical (unpaired) electrons. The molecule has 0 aliphatic heterocycles. The SMILES string of the molecule is COCCCNC(=O)c1ccc(NCCC(C)C)nc1. The number of hydrogen-bond acceptors (Lipinski definition) is 4. The number of aromatic nitrogens is 1. The molecule has 5 heteroatoms. The summed E-state index contributed by atoms with van der Waals surface area (Å²) in [7, 11) is 1.65. The fraction of sp³-hybridized carbons (Fsp3) is 0.600.